The molecule has 188 valence electrons. The number of phenols is 3. The molecule has 0 aliphatic rings. The molecule has 0 bridgehead atoms. The Bertz CT molecular complexity index is 1110. The molecule has 0 unspecified atom stereocenters. The molecule has 0 fully saturated rings. The number of aryl methyl sites for hydroxylation is 3. The maximum Gasteiger partial charge on any atom is 0.172 e. The van der Waals surface area contributed by atoms with Gasteiger partial charge in [0.25, 0.3) is 0 Å². The van der Waals surface area contributed by atoms with Crippen LogP contribution in [0.2, 0.25) is 0 Å². The fraction of sp³-hybridized carbons (Fsp3) is 0.400. The van der Waals surface area contributed by atoms with E-state index in [0.29, 0.717) is 23.0 Å². The van der Waals surface area contributed by atoms with Crippen LogP contribution in [-0.4, -0.2) is 15.3 Å². The molecule has 0 saturated carbocycles. The quantitative estimate of drug-likeness (QED) is 0.230. The largest absolute Gasteiger partial charge is 0.508 e. The second-order valence-corrected chi connectivity index (χ2v) is 9.03. The van der Waals surface area contributed by atoms with Gasteiger partial charge in [-0.25, -0.2) is 0 Å². The van der Waals surface area contributed by atoms with Crippen LogP contribution in [0, 0.1) is 0 Å². The van der Waals surface area contributed by atoms with Crippen LogP contribution >= 0.6 is 0 Å². The first kappa shape index (κ1) is 26.3. The van der Waals surface area contributed by atoms with Gasteiger partial charge in [-0.05, 0) is 92.1 Å². The molecule has 0 aromatic heterocycles. The molecule has 0 radical (unpaired) electrons. The van der Waals surface area contributed by atoms with E-state index in [4.69, 9.17) is 9.47 Å². The van der Waals surface area contributed by atoms with E-state index in [1.54, 1.807) is 42.5 Å². The fourth-order valence-corrected chi connectivity index (χ4v) is 4.07. The lowest BCUT2D eigenvalue weighted by Crippen LogP contribution is -1.98. The first-order chi connectivity index (χ1) is 16.9. The summed E-state index contributed by atoms with van der Waals surface area (Å²) in [6.45, 7) is 6.38. The molecule has 0 saturated heterocycles. The van der Waals surface area contributed by atoms with Crippen LogP contribution in [-0.2, 0) is 19.3 Å². The first-order valence-corrected chi connectivity index (χ1v) is 12.8. The first-order valence-electron chi connectivity index (χ1n) is 12.8. The van der Waals surface area contributed by atoms with E-state index < -0.39 is 0 Å². The summed E-state index contributed by atoms with van der Waals surface area (Å²) in [6.07, 6.45) is 8.32. The molecule has 0 heterocycles. The Kier molecular flexibility index (Phi) is 9.71. The molecule has 3 aromatic rings. The molecule has 0 aliphatic heterocycles. The van der Waals surface area contributed by atoms with E-state index in [1.165, 1.54) is 0 Å². The lowest BCUT2D eigenvalue weighted by Gasteiger charge is -2.18. The van der Waals surface area contributed by atoms with Crippen molar-refractivity contribution in [1.29, 1.82) is 0 Å². The van der Waals surface area contributed by atoms with Crippen LogP contribution in [0.25, 0.3) is 0 Å². The molecule has 3 aromatic carbocycles. The van der Waals surface area contributed by atoms with Gasteiger partial charge in [0, 0.05) is 11.6 Å². The number of hydrogen-bond donors (Lipinski definition) is 3. The Hall–Kier alpha value is -3.34. The zero-order valence-electron chi connectivity index (χ0n) is 21.1. The summed E-state index contributed by atoms with van der Waals surface area (Å²) in [7, 11) is 0. The second-order valence-electron chi connectivity index (χ2n) is 9.03. The summed E-state index contributed by atoms with van der Waals surface area (Å²) in [6, 6.07) is 13.7. The van der Waals surface area contributed by atoms with Crippen molar-refractivity contribution < 1.29 is 24.8 Å². The lowest BCUT2D eigenvalue weighted by atomic mass is 10.0. The molecule has 0 atom stereocenters. The molecule has 3 N–H and O–H groups in total. The predicted octanol–water partition coefficient (Wildman–Crippen LogP) is 8.42. The van der Waals surface area contributed by atoms with E-state index in [0.717, 1.165) is 74.5 Å². The highest BCUT2D eigenvalue weighted by Crippen LogP contribution is 2.42. The van der Waals surface area contributed by atoms with Crippen molar-refractivity contribution in [2.45, 2.75) is 78.6 Å². The molecule has 0 amide bonds. The summed E-state index contributed by atoms with van der Waals surface area (Å²) in [4.78, 5) is 0. The van der Waals surface area contributed by atoms with Crippen LogP contribution in [0.5, 0.6) is 40.2 Å². The number of phenolic OH excluding ortho intramolecular Hbond substituents is 3. The minimum atomic E-state index is 0.0111. The lowest BCUT2D eigenvalue weighted by molar-refractivity contribution is 0.396. The molecule has 0 spiro atoms. The maximum atomic E-state index is 11.0. The standard InChI is InChI=1S/C30H38O5/c1-4-7-10-21-17-24(31)13-15-28(21)34-26-19-23(12-9-6-3)30(27(33)20-26)35-29-16-14-25(32)18-22(29)11-8-5-2/h13-20,31-33H,4-12H2,1-3H3. The summed E-state index contributed by atoms with van der Waals surface area (Å²) in [5.41, 5.74) is 2.72. The van der Waals surface area contributed by atoms with Gasteiger partial charge in [0.05, 0.1) is 0 Å². The minimum absolute atomic E-state index is 0.0111. The molecule has 3 rings (SSSR count). The van der Waals surface area contributed by atoms with Crippen LogP contribution in [0.1, 0.15) is 76.0 Å². The van der Waals surface area contributed by atoms with Gasteiger partial charge in [-0.15, -0.1) is 0 Å². The summed E-state index contributed by atoms with van der Waals surface area (Å²) in [5.74, 6) is 2.69. The monoisotopic (exact) mass is 478 g/mol. The third kappa shape index (κ3) is 7.32. The fourth-order valence-electron chi connectivity index (χ4n) is 4.07. The summed E-state index contributed by atoms with van der Waals surface area (Å²) >= 11 is 0. The SMILES string of the molecule is CCCCc1cc(O)ccc1Oc1cc(O)c(Oc2ccc(O)cc2CCCC)c(CCCC)c1. The van der Waals surface area contributed by atoms with Crippen LogP contribution in [0.15, 0.2) is 48.5 Å². The Labute approximate surface area is 209 Å². The van der Waals surface area contributed by atoms with Gasteiger partial charge in [0.15, 0.2) is 11.5 Å². The van der Waals surface area contributed by atoms with Crippen molar-refractivity contribution >= 4 is 0 Å². The highest BCUT2D eigenvalue weighted by Gasteiger charge is 2.17. The third-order valence-corrected chi connectivity index (χ3v) is 6.05. The van der Waals surface area contributed by atoms with Gasteiger partial charge in [-0.2, -0.15) is 0 Å². The van der Waals surface area contributed by atoms with Crippen molar-refractivity contribution in [2.75, 3.05) is 0 Å². The third-order valence-electron chi connectivity index (χ3n) is 6.05. The maximum absolute atomic E-state index is 11.0. The highest BCUT2D eigenvalue weighted by molar-refractivity contribution is 5.55. The van der Waals surface area contributed by atoms with Crippen LogP contribution in [0.4, 0.5) is 0 Å². The molecule has 5 heteroatoms. The van der Waals surface area contributed by atoms with Crippen molar-refractivity contribution in [3.8, 4) is 40.2 Å². The number of rotatable bonds is 13. The molecule has 35 heavy (non-hydrogen) atoms. The van der Waals surface area contributed by atoms with E-state index in [1.807, 2.05) is 6.07 Å². The number of benzene rings is 3. The highest BCUT2D eigenvalue weighted by atomic mass is 16.5. The van der Waals surface area contributed by atoms with Crippen molar-refractivity contribution in [3.63, 3.8) is 0 Å². The van der Waals surface area contributed by atoms with Crippen molar-refractivity contribution in [2.24, 2.45) is 0 Å². The van der Waals surface area contributed by atoms with Gasteiger partial charge in [0.1, 0.15) is 28.7 Å². The number of hydrogen-bond acceptors (Lipinski definition) is 5. The van der Waals surface area contributed by atoms with Gasteiger partial charge < -0.3 is 24.8 Å². The van der Waals surface area contributed by atoms with Gasteiger partial charge in [0.2, 0.25) is 0 Å². The number of ether oxygens (including phenoxy) is 2. The van der Waals surface area contributed by atoms with Gasteiger partial charge >= 0.3 is 0 Å². The average molecular weight is 479 g/mol. The molecule has 0 aliphatic carbocycles. The van der Waals surface area contributed by atoms with Crippen LogP contribution in [0.3, 0.4) is 0 Å². The van der Waals surface area contributed by atoms with Crippen LogP contribution < -0.4 is 9.47 Å². The zero-order chi connectivity index (χ0) is 25.2. The minimum Gasteiger partial charge on any atom is -0.508 e. The van der Waals surface area contributed by atoms with Gasteiger partial charge in [-0.1, -0.05) is 40.0 Å². The topological polar surface area (TPSA) is 79.2 Å². The second kappa shape index (κ2) is 12.9. The summed E-state index contributed by atoms with van der Waals surface area (Å²) < 4.78 is 12.5. The molecule has 5 nitrogen and oxygen atoms in total. The van der Waals surface area contributed by atoms with E-state index in [-0.39, 0.29) is 17.2 Å². The van der Waals surface area contributed by atoms with E-state index >= 15 is 0 Å². The van der Waals surface area contributed by atoms with E-state index in [9.17, 15) is 15.3 Å². The van der Waals surface area contributed by atoms with Gasteiger partial charge in [-0.3, -0.25) is 0 Å². The number of unbranched alkanes of at least 4 members (excludes halogenated alkanes) is 3. The molecular weight excluding hydrogens is 440 g/mol. The normalized spacial score (nSPS) is 10.9. The Morgan fingerprint density at radius 1 is 0.571 bits per heavy atom. The molecular formula is C30H38O5. The summed E-state index contributed by atoms with van der Waals surface area (Å²) in [5, 5.41) is 30.9. The predicted molar refractivity (Wildman–Crippen MR) is 140 cm³/mol. The zero-order valence-corrected chi connectivity index (χ0v) is 21.1. The Morgan fingerprint density at radius 2 is 1.06 bits per heavy atom. The Morgan fingerprint density at radius 3 is 1.57 bits per heavy atom. The number of aromatic hydroxyl groups is 3. The smallest absolute Gasteiger partial charge is 0.172 e. The average Bonchev–Trinajstić information content (AvgIpc) is 2.84. The van der Waals surface area contributed by atoms with Crippen molar-refractivity contribution in [3.05, 3.63) is 65.2 Å². The van der Waals surface area contributed by atoms with Crippen molar-refractivity contribution in [1.82, 2.24) is 0 Å². The Balaban J connectivity index is 1.95. The van der Waals surface area contributed by atoms with E-state index in [2.05, 4.69) is 20.8 Å².